The zero-order chi connectivity index (χ0) is 14.7. The quantitative estimate of drug-likeness (QED) is 0.672. The van der Waals surface area contributed by atoms with E-state index in [0.717, 1.165) is 17.0 Å². The van der Waals surface area contributed by atoms with Crippen LogP contribution in [0.5, 0.6) is 5.75 Å². The fourth-order valence-electron chi connectivity index (χ4n) is 2.34. The van der Waals surface area contributed by atoms with Crippen molar-refractivity contribution in [3.05, 3.63) is 41.6 Å². The summed E-state index contributed by atoms with van der Waals surface area (Å²) >= 11 is 0. The Balaban J connectivity index is 2.39. The maximum absolute atomic E-state index is 12.0. The Morgan fingerprint density at radius 2 is 1.85 bits per heavy atom. The van der Waals surface area contributed by atoms with Gasteiger partial charge in [0.05, 0.1) is 14.2 Å². The van der Waals surface area contributed by atoms with Crippen molar-refractivity contribution in [1.82, 2.24) is 5.32 Å². The van der Waals surface area contributed by atoms with Gasteiger partial charge in [-0.25, -0.2) is 0 Å². The monoisotopic (exact) mass is 275 g/mol. The van der Waals surface area contributed by atoms with E-state index in [0.29, 0.717) is 0 Å². The highest BCUT2D eigenvalue weighted by Gasteiger charge is 2.38. The van der Waals surface area contributed by atoms with Gasteiger partial charge in [0.2, 0.25) is 5.91 Å². The number of rotatable bonds is 3. The van der Waals surface area contributed by atoms with Crippen LogP contribution in [-0.2, 0) is 14.3 Å². The number of amides is 1. The highest BCUT2D eigenvalue weighted by molar-refractivity contribution is 6.00. The molecule has 5 heteroatoms. The zero-order valence-electron chi connectivity index (χ0n) is 11.7. The largest absolute Gasteiger partial charge is 0.497 e. The van der Waals surface area contributed by atoms with Gasteiger partial charge in [-0.1, -0.05) is 18.2 Å². The average Bonchev–Trinajstić information content (AvgIpc) is 2.46. The summed E-state index contributed by atoms with van der Waals surface area (Å²) in [7, 11) is 2.87. The van der Waals surface area contributed by atoms with Gasteiger partial charge in [0.15, 0.2) is 0 Å². The molecule has 106 valence electrons. The van der Waals surface area contributed by atoms with Crippen LogP contribution in [0.4, 0.5) is 0 Å². The lowest BCUT2D eigenvalue weighted by molar-refractivity contribution is -0.150. The van der Waals surface area contributed by atoms with Crippen LogP contribution in [-0.4, -0.2) is 26.1 Å². The molecule has 2 rings (SSSR count). The molecule has 1 aromatic carbocycles. The van der Waals surface area contributed by atoms with E-state index in [4.69, 9.17) is 9.47 Å². The number of nitrogens with one attached hydrogen (secondary N) is 1. The normalized spacial score (nSPS) is 21.8. The average molecular weight is 275 g/mol. The molecular weight excluding hydrogens is 258 g/mol. The van der Waals surface area contributed by atoms with Crippen molar-refractivity contribution in [3.8, 4) is 5.75 Å². The van der Waals surface area contributed by atoms with E-state index in [-0.39, 0.29) is 11.8 Å². The Morgan fingerprint density at radius 3 is 2.40 bits per heavy atom. The summed E-state index contributed by atoms with van der Waals surface area (Å²) in [6.07, 6.45) is 1.87. The standard InChI is InChI=1S/C15H17NO4/c1-9-8-12(10-4-6-11(19-2)7-5-10)13(14(17)16-9)15(18)20-3/h4-8,12-13H,1-3H3,(H,16,17). The van der Waals surface area contributed by atoms with Crippen LogP contribution in [0.1, 0.15) is 18.4 Å². The second-order valence-corrected chi connectivity index (χ2v) is 4.64. The molecule has 0 spiro atoms. The third kappa shape index (κ3) is 2.66. The molecular formula is C15H17NO4. The van der Waals surface area contributed by atoms with Crippen LogP contribution in [0, 0.1) is 5.92 Å². The van der Waals surface area contributed by atoms with E-state index in [1.54, 1.807) is 26.2 Å². The van der Waals surface area contributed by atoms with E-state index in [9.17, 15) is 9.59 Å². The molecule has 1 aliphatic rings. The third-order valence-electron chi connectivity index (χ3n) is 3.35. The molecule has 2 unspecified atom stereocenters. The zero-order valence-corrected chi connectivity index (χ0v) is 11.7. The fraction of sp³-hybridized carbons (Fsp3) is 0.333. The van der Waals surface area contributed by atoms with Gasteiger partial charge in [-0.05, 0) is 24.6 Å². The molecule has 1 amide bonds. The predicted octanol–water partition coefficient (Wildman–Crippen LogP) is 1.60. The van der Waals surface area contributed by atoms with Crippen molar-refractivity contribution in [2.45, 2.75) is 12.8 Å². The lowest BCUT2D eigenvalue weighted by Gasteiger charge is -2.27. The molecule has 2 atom stereocenters. The highest BCUT2D eigenvalue weighted by atomic mass is 16.5. The van der Waals surface area contributed by atoms with Crippen LogP contribution < -0.4 is 10.1 Å². The molecule has 0 aliphatic carbocycles. The lowest BCUT2D eigenvalue weighted by atomic mass is 9.82. The van der Waals surface area contributed by atoms with Gasteiger partial charge in [-0.3, -0.25) is 9.59 Å². The molecule has 0 saturated heterocycles. The minimum Gasteiger partial charge on any atom is -0.497 e. The first-order chi connectivity index (χ1) is 9.56. The van der Waals surface area contributed by atoms with Crippen molar-refractivity contribution in [3.63, 3.8) is 0 Å². The van der Waals surface area contributed by atoms with E-state index in [1.807, 2.05) is 18.2 Å². The number of allylic oxidation sites excluding steroid dienone is 2. The summed E-state index contributed by atoms with van der Waals surface area (Å²) in [5, 5.41) is 2.66. The summed E-state index contributed by atoms with van der Waals surface area (Å²) in [5.41, 5.74) is 1.60. The van der Waals surface area contributed by atoms with Gasteiger partial charge in [0.1, 0.15) is 11.7 Å². The second-order valence-electron chi connectivity index (χ2n) is 4.64. The molecule has 0 aromatic heterocycles. The van der Waals surface area contributed by atoms with Crippen LogP contribution in [0.15, 0.2) is 36.0 Å². The molecule has 0 bridgehead atoms. The number of ether oxygens (including phenoxy) is 2. The molecule has 1 aliphatic heterocycles. The predicted molar refractivity (Wildman–Crippen MR) is 73.1 cm³/mol. The summed E-state index contributed by atoms with van der Waals surface area (Å²) in [6.45, 7) is 1.79. The third-order valence-corrected chi connectivity index (χ3v) is 3.35. The molecule has 1 N–H and O–H groups in total. The Morgan fingerprint density at radius 1 is 1.20 bits per heavy atom. The van der Waals surface area contributed by atoms with Gasteiger partial charge in [0, 0.05) is 11.6 Å². The number of carbonyl (C=O) groups excluding carboxylic acids is 2. The highest BCUT2D eigenvalue weighted by Crippen LogP contribution is 2.32. The molecule has 1 heterocycles. The summed E-state index contributed by atoms with van der Waals surface area (Å²) in [6, 6.07) is 7.31. The molecule has 0 radical (unpaired) electrons. The van der Waals surface area contributed by atoms with Gasteiger partial charge < -0.3 is 14.8 Å². The first kappa shape index (κ1) is 14.1. The fourth-order valence-corrected chi connectivity index (χ4v) is 2.34. The SMILES string of the molecule is COC(=O)C1C(=O)NC(C)=CC1c1ccc(OC)cc1. The van der Waals surface area contributed by atoms with E-state index in [2.05, 4.69) is 5.32 Å². The first-order valence-corrected chi connectivity index (χ1v) is 6.28. The topological polar surface area (TPSA) is 64.6 Å². The Bertz CT molecular complexity index is 547. The van der Waals surface area contributed by atoms with Crippen LogP contribution in [0.2, 0.25) is 0 Å². The molecule has 0 fully saturated rings. The Labute approximate surface area is 117 Å². The van der Waals surface area contributed by atoms with Gasteiger partial charge in [-0.15, -0.1) is 0 Å². The van der Waals surface area contributed by atoms with E-state index >= 15 is 0 Å². The Hall–Kier alpha value is -2.30. The Kier molecular flexibility index (Phi) is 4.08. The van der Waals surface area contributed by atoms with Crippen molar-refractivity contribution in [2.75, 3.05) is 14.2 Å². The summed E-state index contributed by atoms with van der Waals surface area (Å²) in [5.74, 6) is -1.34. The smallest absolute Gasteiger partial charge is 0.319 e. The van der Waals surface area contributed by atoms with Crippen molar-refractivity contribution in [1.29, 1.82) is 0 Å². The molecule has 0 saturated carbocycles. The van der Waals surface area contributed by atoms with Crippen molar-refractivity contribution in [2.24, 2.45) is 5.92 Å². The van der Waals surface area contributed by atoms with Crippen molar-refractivity contribution < 1.29 is 19.1 Å². The van der Waals surface area contributed by atoms with Gasteiger partial charge in [0.25, 0.3) is 0 Å². The van der Waals surface area contributed by atoms with Crippen LogP contribution in [0.25, 0.3) is 0 Å². The summed E-state index contributed by atoms with van der Waals surface area (Å²) < 4.78 is 9.85. The number of carbonyl (C=O) groups is 2. The van der Waals surface area contributed by atoms with Crippen LogP contribution >= 0.6 is 0 Å². The molecule has 20 heavy (non-hydrogen) atoms. The van der Waals surface area contributed by atoms with E-state index < -0.39 is 11.9 Å². The minimum absolute atomic E-state index is 0.331. The second kappa shape index (κ2) is 5.77. The lowest BCUT2D eigenvalue weighted by Crippen LogP contribution is -2.42. The number of hydrogen-bond acceptors (Lipinski definition) is 4. The maximum Gasteiger partial charge on any atom is 0.319 e. The number of methoxy groups -OCH3 is 2. The van der Waals surface area contributed by atoms with Gasteiger partial charge in [-0.2, -0.15) is 0 Å². The number of hydrogen-bond donors (Lipinski definition) is 1. The van der Waals surface area contributed by atoms with Crippen molar-refractivity contribution >= 4 is 11.9 Å². The van der Waals surface area contributed by atoms with Crippen LogP contribution in [0.3, 0.4) is 0 Å². The summed E-state index contributed by atoms with van der Waals surface area (Å²) in [4.78, 5) is 23.9. The van der Waals surface area contributed by atoms with E-state index in [1.165, 1.54) is 7.11 Å². The maximum atomic E-state index is 12.0. The molecule has 5 nitrogen and oxygen atoms in total. The molecule has 1 aromatic rings. The van der Waals surface area contributed by atoms with Gasteiger partial charge >= 0.3 is 5.97 Å². The number of benzene rings is 1. The minimum atomic E-state index is -0.864. The number of esters is 1. The first-order valence-electron chi connectivity index (χ1n) is 6.28.